The van der Waals surface area contributed by atoms with E-state index >= 15 is 0 Å². The van der Waals surface area contributed by atoms with Crippen molar-refractivity contribution in [2.24, 2.45) is 0 Å². The molecule has 1 aliphatic carbocycles. The SMILES string of the molecule is Cc1ccc(-c2nn(-c3ccccc3)cc2C(=O)OCC(=O)NC2CCCC2)c(C)c1. The van der Waals surface area contributed by atoms with E-state index in [1.165, 1.54) is 0 Å². The van der Waals surface area contributed by atoms with Crippen LogP contribution < -0.4 is 5.32 Å². The molecule has 0 saturated heterocycles. The number of para-hydroxylation sites is 1. The maximum absolute atomic E-state index is 12.9. The zero-order chi connectivity index (χ0) is 21.8. The number of aromatic nitrogens is 2. The van der Waals surface area contributed by atoms with Crippen LogP contribution in [0.3, 0.4) is 0 Å². The maximum Gasteiger partial charge on any atom is 0.342 e. The molecule has 6 heteroatoms. The summed E-state index contributed by atoms with van der Waals surface area (Å²) in [5.41, 5.74) is 4.74. The van der Waals surface area contributed by atoms with E-state index in [1.807, 2.05) is 56.3 Å². The normalized spacial score (nSPS) is 13.9. The topological polar surface area (TPSA) is 73.2 Å². The molecule has 1 aromatic heterocycles. The number of esters is 1. The molecule has 0 unspecified atom stereocenters. The second-order valence-electron chi connectivity index (χ2n) is 8.11. The predicted octanol–water partition coefficient (Wildman–Crippen LogP) is 4.37. The summed E-state index contributed by atoms with van der Waals surface area (Å²) in [7, 11) is 0. The van der Waals surface area contributed by atoms with E-state index in [1.54, 1.807) is 10.9 Å². The first-order valence-corrected chi connectivity index (χ1v) is 10.7. The Morgan fingerprint density at radius 1 is 1.10 bits per heavy atom. The van der Waals surface area contributed by atoms with Crippen molar-refractivity contribution in [2.45, 2.75) is 45.6 Å². The average molecular weight is 418 g/mol. The van der Waals surface area contributed by atoms with E-state index in [9.17, 15) is 9.59 Å². The second kappa shape index (κ2) is 9.16. The molecule has 3 aromatic rings. The fourth-order valence-corrected chi connectivity index (χ4v) is 4.06. The molecular weight excluding hydrogens is 390 g/mol. The van der Waals surface area contributed by atoms with Crippen LogP contribution in [-0.4, -0.2) is 34.3 Å². The Morgan fingerprint density at radius 2 is 1.84 bits per heavy atom. The highest BCUT2D eigenvalue weighted by Crippen LogP contribution is 2.28. The van der Waals surface area contributed by atoms with E-state index in [0.29, 0.717) is 11.3 Å². The van der Waals surface area contributed by atoms with Crippen molar-refractivity contribution in [2.75, 3.05) is 6.61 Å². The molecule has 1 aliphatic rings. The second-order valence-corrected chi connectivity index (χ2v) is 8.11. The van der Waals surface area contributed by atoms with Crippen molar-refractivity contribution < 1.29 is 14.3 Å². The first kappa shape index (κ1) is 20.8. The van der Waals surface area contributed by atoms with Gasteiger partial charge in [-0.3, -0.25) is 4.79 Å². The number of rotatable bonds is 6. The van der Waals surface area contributed by atoms with E-state index in [4.69, 9.17) is 4.74 Å². The Kier molecular flexibility index (Phi) is 6.16. The van der Waals surface area contributed by atoms with Gasteiger partial charge in [0.1, 0.15) is 11.3 Å². The number of amides is 1. The number of carbonyl (C=O) groups is 2. The Morgan fingerprint density at radius 3 is 2.55 bits per heavy atom. The lowest BCUT2D eigenvalue weighted by molar-refractivity contribution is -0.124. The first-order chi connectivity index (χ1) is 15.0. The van der Waals surface area contributed by atoms with Crippen molar-refractivity contribution in [3.63, 3.8) is 0 Å². The minimum Gasteiger partial charge on any atom is -0.452 e. The van der Waals surface area contributed by atoms with Crippen molar-refractivity contribution in [3.8, 4) is 16.9 Å². The largest absolute Gasteiger partial charge is 0.452 e. The van der Waals surface area contributed by atoms with Gasteiger partial charge in [0.15, 0.2) is 6.61 Å². The average Bonchev–Trinajstić information content (AvgIpc) is 3.43. The van der Waals surface area contributed by atoms with Gasteiger partial charge in [-0.05, 0) is 44.4 Å². The minimum atomic E-state index is -0.557. The number of ether oxygens (including phenoxy) is 1. The van der Waals surface area contributed by atoms with Gasteiger partial charge in [0.2, 0.25) is 0 Å². The Hall–Kier alpha value is -3.41. The lowest BCUT2D eigenvalue weighted by Crippen LogP contribution is -2.35. The summed E-state index contributed by atoms with van der Waals surface area (Å²) < 4.78 is 7.04. The van der Waals surface area contributed by atoms with Crippen molar-refractivity contribution in [1.82, 2.24) is 15.1 Å². The lowest BCUT2D eigenvalue weighted by atomic mass is 10.0. The maximum atomic E-state index is 12.9. The van der Waals surface area contributed by atoms with Crippen molar-refractivity contribution in [1.29, 1.82) is 0 Å². The Labute approximate surface area is 182 Å². The smallest absolute Gasteiger partial charge is 0.342 e. The standard InChI is InChI=1S/C25H27N3O3/c1-17-12-13-21(18(2)14-17)24-22(15-28(27-24)20-10-4-3-5-11-20)25(30)31-16-23(29)26-19-8-6-7-9-19/h3-5,10-15,19H,6-9,16H2,1-2H3,(H,26,29). The molecular formula is C25H27N3O3. The van der Waals surface area contributed by atoms with Gasteiger partial charge >= 0.3 is 5.97 Å². The van der Waals surface area contributed by atoms with Crippen LogP contribution in [0.2, 0.25) is 0 Å². The summed E-state index contributed by atoms with van der Waals surface area (Å²) in [5.74, 6) is -0.817. The van der Waals surface area contributed by atoms with E-state index in [2.05, 4.69) is 16.5 Å². The third-order valence-electron chi connectivity index (χ3n) is 5.65. The summed E-state index contributed by atoms with van der Waals surface area (Å²) in [6, 6.07) is 15.8. The summed E-state index contributed by atoms with van der Waals surface area (Å²) >= 11 is 0. The van der Waals surface area contributed by atoms with Crippen LogP contribution in [0.4, 0.5) is 0 Å². The molecule has 1 heterocycles. The molecule has 0 radical (unpaired) electrons. The molecule has 31 heavy (non-hydrogen) atoms. The third kappa shape index (κ3) is 4.85. The number of carbonyl (C=O) groups excluding carboxylic acids is 2. The van der Waals surface area contributed by atoms with Crippen LogP contribution in [0.15, 0.2) is 54.7 Å². The number of hydrogen-bond donors (Lipinski definition) is 1. The number of aryl methyl sites for hydroxylation is 2. The monoisotopic (exact) mass is 417 g/mol. The minimum absolute atomic E-state index is 0.192. The molecule has 160 valence electrons. The van der Waals surface area contributed by atoms with Crippen LogP contribution in [0, 0.1) is 13.8 Å². The van der Waals surface area contributed by atoms with Gasteiger partial charge < -0.3 is 10.1 Å². The lowest BCUT2D eigenvalue weighted by Gasteiger charge is -2.12. The van der Waals surface area contributed by atoms with Gasteiger partial charge in [0.25, 0.3) is 5.91 Å². The van der Waals surface area contributed by atoms with Gasteiger partial charge in [-0.15, -0.1) is 0 Å². The zero-order valence-electron chi connectivity index (χ0n) is 17.9. The molecule has 2 aromatic carbocycles. The Balaban J connectivity index is 1.59. The molecule has 1 fully saturated rings. The Bertz CT molecular complexity index is 1080. The fourth-order valence-electron chi connectivity index (χ4n) is 4.06. The van der Waals surface area contributed by atoms with Gasteiger partial charge in [-0.25, -0.2) is 9.48 Å². The third-order valence-corrected chi connectivity index (χ3v) is 5.65. The van der Waals surface area contributed by atoms with Crippen LogP contribution >= 0.6 is 0 Å². The van der Waals surface area contributed by atoms with Crippen LogP contribution in [0.25, 0.3) is 16.9 Å². The molecule has 1 amide bonds. The number of benzene rings is 2. The van der Waals surface area contributed by atoms with E-state index in [-0.39, 0.29) is 18.6 Å². The highest BCUT2D eigenvalue weighted by Gasteiger charge is 2.23. The van der Waals surface area contributed by atoms with E-state index < -0.39 is 5.97 Å². The van der Waals surface area contributed by atoms with Crippen LogP contribution in [-0.2, 0) is 9.53 Å². The summed E-state index contributed by atoms with van der Waals surface area (Å²) in [4.78, 5) is 25.1. The van der Waals surface area contributed by atoms with Crippen LogP contribution in [0.5, 0.6) is 0 Å². The van der Waals surface area contributed by atoms with Crippen LogP contribution in [0.1, 0.15) is 47.2 Å². The predicted molar refractivity (Wildman–Crippen MR) is 119 cm³/mol. The van der Waals surface area contributed by atoms with Gasteiger partial charge in [0, 0.05) is 17.8 Å². The van der Waals surface area contributed by atoms with E-state index in [0.717, 1.165) is 48.1 Å². The molecule has 0 spiro atoms. The molecule has 0 atom stereocenters. The van der Waals surface area contributed by atoms with Crippen molar-refractivity contribution >= 4 is 11.9 Å². The molecule has 1 N–H and O–H groups in total. The molecule has 0 aliphatic heterocycles. The number of nitrogens with one attached hydrogen (secondary N) is 1. The van der Waals surface area contributed by atoms with Gasteiger partial charge in [-0.1, -0.05) is 54.8 Å². The highest BCUT2D eigenvalue weighted by molar-refractivity contribution is 5.97. The summed E-state index contributed by atoms with van der Waals surface area (Å²) in [6.07, 6.45) is 5.90. The zero-order valence-corrected chi connectivity index (χ0v) is 17.9. The van der Waals surface area contributed by atoms with Gasteiger partial charge in [0.05, 0.1) is 5.69 Å². The first-order valence-electron chi connectivity index (χ1n) is 10.7. The molecule has 1 saturated carbocycles. The number of nitrogens with zero attached hydrogens (tertiary/aromatic N) is 2. The quantitative estimate of drug-likeness (QED) is 0.605. The highest BCUT2D eigenvalue weighted by atomic mass is 16.5. The number of hydrogen-bond acceptors (Lipinski definition) is 4. The summed E-state index contributed by atoms with van der Waals surface area (Å²) in [5, 5.41) is 7.63. The fraction of sp³-hybridized carbons (Fsp3) is 0.320. The molecule has 6 nitrogen and oxygen atoms in total. The van der Waals surface area contributed by atoms with Crippen molar-refractivity contribution in [3.05, 3.63) is 71.4 Å². The molecule has 4 rings (SSSR count). The molecule has 0 bridgehead atoms. The summed E-state index contributed by atoms with van der Waals surface area (Å²) in [6.45, 7) is 3.73. The van der Waals surface area contributed by atoms with Gasteiger partial charge in [-0.2, -0.15) is 5.10 Å².